The summed E-state index contributed by atoms with van der Waals surface area (Å²) in [7, 11) is 0. The minimum absolute atomic E-state index is 0.140. The van der Waals surface area contributed by atoms with E-state index >= 15 is 0 Å². The molecule has 0 aliphatic rings. The summed E-state index contributed by atoms with van der Waals surface area (Å²) in [5.74, 6) is 0.670. The van der Waals surface area contributed by atoms with E-state index in [2.05, 4.69) is 39.9 Å². The molecule has 0 bridgehead atoms. The largest absolute Gasteiger partial charge is 0.466 e. The molecule has 0 atom stereocenters. The van der Waals surface area contributed by atoms with Crippen LogP contribution in [-0.2, 0) is 16.0 Å². The molecule has 0 radical (unpaired) electrons. The van der Waals surface area contributed by atoms with Crippen molar-refractivity contribution in [2.75, 3.05) is 26.2 Å². The Hall–Kier alpha value is -2.04. The lowest BCUT2D eigenvalue weighted by atomic mass is 10.1. The quantitative estimate of drug-likeness (QED) is 0.301. The number of aryl methyl sites for hydroxylation is 1. The van der Waals surface area contributed by atoms with Gasteiger partial charge in [0.1, 0.15) is 0 Å². The van der Waals surface area contributed by atoms with Crippen LogP contribution in [0.15, 0.2) is 35.3 Å². The van der Waals surface area contributed by atoms with E-state index < -0.39 is 0 Å². The Kier molecular flexibility index (Phi) is 10.3. The molecule has 0 saturated heterocycles. The van der Waals surface area contributed by atoms with Gasteiger partial charge in [0.2, 0.25) is 0 Å². The van der Waals surface area contributed by atoms with Crippen molar-refractivity contribution >= 4 is 11.9 Å². The standard InChI is InChI=1S/C18H29N3O2/c1-3-19-18(21-15-9-13-17(22)23-4-2)20-14-8-12-16-10-6-5-7-11-16/h5-7,10-11H,3-4,8-9,12-15H2,1-2H3,(H2,19,20,21). The predicted molar refractivity (Wildman–Crippen MR) is 94.6 cm³/mol. The first-order valence-corrected chi connectivity index (χ1v) is 8.48. The second kappa shape index (κ2) is 12.5. The molecule has 1 aromatic rings. The third kappa shape index (κ3) is 9.55. The van der Waals surface area contributed by atoms with Gasteiger partial charge in [-0.1, -0.05) is 30.3 Å². The molecular formula is C18H29N3O2. The summed E-state index contributed by atoms with van der Waals surface area (Å²) in [5, 5.41) is 6.47. The number of hydrogen-bond acceptors (Lipinski definition) is 3. The van der Waals surface area contributed by atoms with Gasteiger partial charge in [0.05, 0.1) is 6.61 Å². The van der Waals surface area contributed by atoms with Gasteiger partial charge in [-0.25, -0.2) is 0 Å². The lowest BCUT2D eigenvalue weighted by Crippen LogP contribution is -2.38. The fourth-order valence-electron chi connectivity index (χ4n) is 2.13. The smallest absolute Gasteiger partial charge is 0.305 e. The van der Waals surface area contributed by atoms with Gasteiger partial charge < -0.3 is 15.4 Å². The summed E-state index contributed by atoms with van der Waals surface area (Å²) in [6.07, 6.45) is 3.23. The normalized spacial score (nSPS) is 11.1. The summed E-state index contributed by atoms with van der Waals surface area (Å²) in [6, 6.07) is 10.4. The summed E-state index contributed by atoms with van der Waals surface area (Å²) in [6.45, 7) is 6.62. The molecule has 5 heteroatoms. The van der Waals surface area contributed by atoms with Gasteiger partial charge in [-0.3, -0.25) is 9.79 Å². The molecule has 0 aliphatic heterocycles. The number of guanidine groups is 1. The number of esters is 1. The van der Waals surface area contributed by atoms with Crippen molar-refractivity contribution in [3.8, 4) is 0 Å². The van der Waals surface area contributed by atoms with Crippen LogP contribution in [0, 0.1) is 0 Å². The minimum atomic E-state index is -0.140. The van der Waals surface area contributed by atoms with Gasteiger partial charge in [0.15, 0.2) is 5.96 Å². The van der Waals surface area contributed by atoms with Crippen LogP contribution in [0.3, 0.4) is 0 Å². The van der Waals surface area contributed by atoms with E-state index in [1.165, 1.54) is 5.56 Å². The maximum absolute atomic E-state index is 11.3. The topological polar surface area (TPSA) is 62.7 Å². The average Bonchev–Trinajstić information content (AvgIpc) is 2.56. The predicted octanol–water partition coefficient (Wildman–Crippen LogP) is 2.52. The van der Waals surface area contributed by atoms with E-state index in [9.17, 15) is 4.79 Å². The highest BCUT2D eigenvalue weighted by molar-refractivity contribution is 5.79. The lowest BCUT2D eigenvalue weighted by molar-refractivity contribution is -0.143. The fraction of sp³-hybridized carbons (Fsp3) is 0.556. The van der Waals surface area contributed by atoms with Gasteiger partial charge in [-0.15, -0.1) is 0 Å². The van der Waals surface area contributed by atoms with Crippen LogP contribution in [0.5, 0.6) is 0 Å². The Morgan fingerprint density at radius 1 is 1.13 bits per heavy atom. The van der Waals surface area contributed by atoms with Gasteiger partial charge in [0, 0.05) is 26.1 Å². The fourth-order valence-corrected chi connectivity index (χ4v) is 2.13. The van der Waals surface area contributed by atoms with Crippen molar-refractivity contribution in [1.29, 1.82) is 0 Å². The minimum Gasteiger partial charge on any atom is -0.466 e. The Bertz CT molecular complexity index is 461. The zero-order valence-corrected chi connectivity index (χ0v) is 14.3. The molecular weight excluding hydrogens is 290 g/mol. The third-order valence-electron chi connectivity index (χ3n) is 3.24. The molecule has 0 fully saturated rings. The average molecular weight is 319 g/mol. The van der Waals surface area contributed by atoms with Crippen LogP contribution < -0.4 is 10.6 Å². The van der Waals surface area contributed by atoms with E-state index in [1.54, 1.807) is 0 Å². The molecule has 0 aromatic heterocycles. The Morgan fingerprint density at radius 3 is 2.61 bits per heavy atom. The van der Waals surface area contributed by atoms with Crippen molar-refractivity contribution in [2.45, 2.75) is 39.5 Å². The highest BCUT2D eigenvalue weighted by Gasteiger charge is 2.02. The first-order valence-electron chi connectivity index (χ1n) is 8.48. The first kappa shape index (κ1) is 19.0. The summed E-state index contributed by atoms with van der Waals surface area (Å²) >= 11 is 0. The number of carbonyl (C=O) groups excluding carboxylic acids is 1. The molecule has 0 unspecified atom stereocenters. The molecule has 1 rings (SSSR count). The maximum atomic E-state index is 11.3. The van der Waals surface area contributed by atoms with Crippen LogP contribution in [0.4, 0.5) is 0 Å². The number of ether oxygens (including phenoxy) is 1. The van der Waals surface area contributed by atoms with Gasteiger partial charge in [-0.05, 0) is 38.7 Å². The SMILES string of the molecule is CCNC(=NCCCc1ccccc1)NCCCC(=O)OCC. The van der Waals surface area contributed by atoms with E-state index in [0.29, 0.717) is 19.6 Å². The van der Waals surface area contributed by atoms with Crippen molar-refractivity contribution in [3.63, 3.8) is 0 Å². The molecule has 0 saturated carbocycles. The molecule has 5 nitrogen and oxygen atoms in total. The highest BCUT2D eigenvalue weighted by Crippen LogP contribution is 2.02. The number of carbonyl (C=O) groups is 1. The van der Waals surface area contributed by atoms with Crippen LogP contribution in [0.2, 0.25) is 0 Å². The Labute approximate surface area is 139 Å². The summed E-state index contributed by atoms with van der Waals surface area (Å²) in [5.41, 5.74) is 1.34. The zero-order valence-electron chi connectivity index (χ0n) is 14.3. The van der Waals surface area contributed by atoms with E-state index in [4.69, 9.17) is 4.74 Å². The Balaban J connectivity index is 2.23. The van der Waals surface area contributed by atoms with Crippen LogP contribution in [0.1, 0.15) is 38.7 Å². The van der Waals surface area contributed by atoms with E-state index in [1.807, 2.05) is 19.9 Å². The van der Waals surface area contributed by atoms with E-state index in [-0.39, 0.29) is 5.97 Å². The van der Waals surface area contributed by atoms with E-state index in [0.717, 1.165) is 38.3 Å². The van der Waals surface area contributed by atoms with Crippen molar-refractivity contribution in [2.24, 2.45) is 4.99 Å². The van der Waals surface area contributed by atoms with Gasteiger partial charge >= 0.3 is 5.97 Å². The van der Waals surface area contributed by atoms with Crippen LogP contribution in [0.25, 0.3) is 0 Å². The number of nitrogens with zero attached hydrogens (tertiary/aromatic N) is 1. The monoisotopic (exact) mass is 319 g/mol. The number of nitrogens with one attached hydrogen (secondary N) is 2. The Morgan fingerprint density at radius 2 is 1.91 bits per heavy atom. The molecule has 1 aromatic carbocycles. The first-order chi connectivity index (χ1) is 11.3. The molecule has 128 valence electrons. The van der Waals surface area contributed by atoms with Gasteiger partial charge in [-0.2, -0.15) is 0 Å². The second-order valence-corrected chi connectivity index (χ2v) is 5.19. The van der Waals surface area contributed by atoms with Crippen LogP contribution >= 0.6 is 0 Å². The van der Waals surface area contributed by atoms with Crippen LogP contribution in [-0.4, -0.2) is 38.2 Å². The van der Waals surface area contributed by atoms with Crippen molar-refractivity contribution in [3.05, 3.63) is 35.9 Å². The molecule has 0 aliphatic carbocycles. The molecule has 0 heterocycles. The number of hydrogen-bond donors (Lipinski definition) is 2. The van der Waals surface area contributed by atoms with Gasteiger partial charge in [0.25, 0.3) is 0 Å². The van der Waals surface area contributed by atoms with Crippen molar-refractivity contribution < 1.29 is 9.53 Å². The molecule has 0 spiro atoms. The zero-order chi connectivity index (χ0) is 16.8. The number of aliphatic imine (C=N–C) groups is 1. The number of rotatable bonds is 10. The molecule has 2 N–H and O–H groups in total. The molecule has 0 amide bonds. The highest BCUT2D eigenvalue weighted by atomic mass is 16.5. The molecule has 23 heavy (non-hydrogen) atoms. The van der Waals surface area contributed by atoms with Crippen molar-refractivity contribution in [1.82, 2.24) is 10.6 Å². The number of benzene rings is 1. The second-order valence-electron chi connectivity index (χ2n) is 5.19. The summed E-state index contributed by atoms with van der Waals surface area (Å²) < 4.78 is 4.91. The maximum Gasteiger partial charge on any atom is 0.305 e. The lowest BCUT2D eigenvalue weighted by Gasteiger charge is -2.11. The third-order valence-corrected chi connectivity index (χ3v) is 3.24. The summed E-state index contributed by atoms with van der Waals surface area (Å²) in [4.78, 5) is 15.8.